The van der Waals surface area contributed by atoms with Crippen LogP contribution in [0.15, 0.2) is 41.0 Å². The molecule has 2 N–H and O–H groups in total. The Morgan fingerprint density at radius 3 is 2.72 bits per heavy atom. The molecule has 0 radical (unpaired) electrons. The van der Waals surface area contributed by atoms with Gasteiger partial charge in [0, 0.05) is 16.6 Å². The van der Waals surface area contributed by atoms with Crippen LogP contribution in [0, 0.1) is 5.92 Å². The van der Waals surface area contributed by atoms with Gasteiger partial charge < -0.3 is 10.6 Å². The molecular weight excluding hydrogens is 456 g/mol. The van der Waals surface area contributed by atoms with Crippen LogP contribution < -0.4 is 10.6 Å². The number of piperidine rings is 1. The average Bonchev–Trinajstić information content (AvgIpc) is 3.20. The lowest BCUT2D eigenvalue weighted by molar-refractivity contribution is -0.121. The molecule has 0 bridgehead atoms. The van der Waals surface area contributed by atoms with Crippen molar-refractivity contribution in [3.8, 4) is 0 Å². The van der Waals surface area contributed by atoms with Gasteiger partial charge in [0.15, 0.2) is 0 Å². The van der Waals surface area contributed by atoms with Gasteiger partial charge in [0.2, 0.25) is 11.8 Å². The first-order valence-electron chi connectivity index (χ1n) is 9.24. The van der Waals surface area contributed by atoms with Crippen LogP contribution >= 0.6 is 27.7 Å². The highest BCUT2D eigenvalue weighted by molar-refractivity contribution is 9.10. The minimum Gasteiger partial charge on any atom is -0.323 e. The molecule has 4 rings (SSSR count). The van der Waals surface area contributed by atoms with Gasteiger partial charge in [-0.05, 0) is 66.1 Å². The summed E-state index contributed by atoms with van der Waals surface area (Å²) in [6.07, 6.45) is 3.07. The zero-order valence-electron chi connectivity index (χ0n) is 15.5. The molecule has 0 unspecified atom stereocenters. The number of anilines is 2. The Morgan fingerprint density at radius 1 is 1.14 bits per heavy atom. The summed E-state index contributed by atoms with van der Waals surface area (Å²) < 4.78 is 9.29. The van der Waals surface area contributed by atoms with E-state index >= 15 is 0 Å². The molecule has 150 valence electrons. The van der Waals surface area contributed by atoms with Crippen LogP contribution in [0.5, 0.6) is 0 Å². The van der Waals surface area contributed by atoms with E-state index in [0.29, 0.717) is 43.0 Å². The van der Waals surface area contributed by atoms with Gasteiger partial charge in [0.25, 0.3) is 0 Å². The lowest BCUT2D eigenvalue weighted by Crippen LogP contribution is -2.41. The van der Waals surface area contributed by atoms with Crippen molar-refractivity contribution in [2.24, 2.45) is 5.92 Å². The van der Waals surface area contributed by atoms with E-state index in [1.807, 2.05) is 24.3 Å². The summed E-state index contributed by atoms with van der Waals surface area (Å²) >= 11 is 4.45. The van der Waals surface area contributed by atoms with Crippen LogP contribution in [0.2, 0.25) is 0 Å². The third-order valence-corrected chi connectivity index (χ3v) is 5.88. The van der Waals surface area contributed by atoms with Crippen molar-refractivity contribution in [1.82, 2.24) is 18.6 Å². The number of likely N-dealkylation sites (tertiary alicyclic amines) is 1. The lowest BCUT2D eigenvalue weighted by Gasteiger charge is -2.30. The second kappa shape index (κ2) is 8.93. The van der Waals surface area contributed by atoms with E-state index < -0.39 is 0 Å². The molecule has 0 spiro atoms. The Labute approximate surface area is 180 Å². The Kier molecular flexibility index (Phi) is 6.12. The van der Waals surface area contributed by atoms with Gasteiger partial charge in [-0.2, -0.15) is 8.75 Å². The van der Waals surface area contributed by atoms with Crippen LogP contribution in [-0.4, -0.2) is 50.1 Å². The largest absolute Gasteiger partial charge is 0.323 e. The summed E-state index contributed by atoms with van der Waals surface area (Å²) in [5.41, 5.74) is 2.17. The van der Waals surface area contributed by atoms with Crippen molar-refractivity contribution >= 4 is 62.0 Å². The van der Waals surface area contributed by atoms with Crippen LogP contribution in [0.1, 0.15) is 12.8 Å². The van der Waals surface area contributed by atoms with Crippen molar-refractivity contribution in [3.63, 3.8) is 0 Å². The number of fused-ring (bicyclic) bond motifs is 1. The molecule has 0 atom stereocenters. The second-order valence-corrected chi connectivity index (χ2v) is 8.33. The number of nitrogens with one attached hydrogen (secondary N) is 2. The number of amides is 2. The molecule has 1 aliphatic heterocycles. The molecule has 0 saturated carbocycles. The Morgan fingerprint density at radius 2 is 1.97 bits per heavy atom. The Balaban J connectivity index is 1.26. The third kappa shape index (κ3) is 4.95. The number of benzene rings is 1. The van der Waals surface area contributed by atoms with Crippen molar-refractivity contribution < 1.29 is 9.59 Å². The number of carbonyl (C=O) groups is 2. The number of hydrogen-bond acceptors (Lipinski definition) is 7. The average molecular weight is 475 g/mol. The minimum atomic E-state index is -0.0903. The standard InChI is InChI=1S/C19H19BrN6O2S/c20-13-4-5-16(21-10-13)23-19(28)12-6-8-26(9-7-12)11-17(27)22-14-2-1-3-15-18(14)25-29-24-15/h1-5,10,12H,6-9,11H2,(H,22,27)(H,21,23,28). The van der Waals surface area contributed by atoms with Crippen molar-refractivity contribution in [3.05, 3.63) is 41.0 Å². The second-order valence-electron chi connectivity index (χ2n) is 6.89. The molecule has 1 aliphatic rings. The van der Waals surface area contributed by atoms with Crippen molar-refractivity contribution in [2.45, 2.75) is 12.8 Å². The summed E-state index contributed by atoms with van der Waals surface area (Å²) in [6, 6.07) is 9.15. The highest BCUT2D eigenvalue weighted by atomic mass is 79.9. The molecule has 3 aromatic rings. The summed E-state index contributed by atoms with van der Waals surface area (Å²) in [7, 11) is 0. The molecule has 1 aromatic carbocycles. The number of carbonyl (C=O) groups excluding carboxylic acids is 2. The van der Waals surface area contributed by atoms with E-state index in [4.69, 9.17) is 0 Å². The molecular formula is C19H19BrN6O2S. The summed E-state index contributed by atoms with van der Waals surface area (Å²) in [5.74, 6) is 0.361. The fourth-order valence-corrected chi connectivity index (χ4v) is 4.12. The van der Waals surface area contributed by atoms with E-state index in [-0.39, 0.29) is 24.3 Å². The van der Waals surface area contributed by atoms with Crippen molar-refractivity contribution in [2.75, 3.05) is 30.3 Å². The van der Waals surface area contributed by atoms with Gasteiger partial charge in [0.1, 0.15) is 16.9 Å². The lowest BCUT2D eigenvalue weighted by atomic mass is 9.96. The van der Waals surface area contributed by atoms with E-state index in [0.717, 1.165) is 21.7 Å². The normalized spacial score (nSPS) is 15.3. The molecule has 0 aliphatic carbocycles. The first kappa shape index (κ1) is 19.9. The number of pyridine rings is 1. The van der Waals surface area contributed by atoms with Gasteiger partial charge in [-0.3, -0.25) is 14.5 Å². The fraction of sp³-hybridized carbons (Fsp3) is 0.316. The van der Waals surface area contributed by atoms with Crippen LogP contribution in [0.25, 0.3) is 11.0 Å². The van der Waals surface area contributed by atoms with Gasteiger partial charge >= 0.3 is 0 Å². The maximum atomic E-state index is 12.4. The molecule has 2 aromatic heterocycles. The Bertz CT molecular complexity index is 1020. The highest BCUT2D eigenvalue weighted by Gasteiger charge is 2.26. The third-order valence-electron chi connectivity index (χ3n) is 4.86. The SMILES string of the molecule is O=C(CN1CCC(C(=O)Nc2ccc(Br)cn2)CC1)Nc1cccc2nsnc12. The summed E-state index contributed by atoms with van der Waals surface area (Å²) in [4.78, 5) is 31.1. The zero-order chi connectivity index (χ0) is 20.2. The first-order valence-corrected chi connectivity index (χ1v) is 10.8. The van der Waals surface area contributed by atoms with E-state index in [9.17, 15) is 9.59 Å². The molecule has 8 nitrogen and oxygen atoms in total. The zero-order valence-corrected chi connectivity index (χ0v) is 17.9. The quantitative estimate of drug-likeness (QED) is 0.588. The first-order chi connectivity index (χ1) is 14.1. The molecule has 1 fully saturated rings. The van der Waals surface area contributed by atoms with Gasteiger partial charge in [-0.25, -0.2) is 4.98 Å². The number of hydrogen-bond donors (Lipinski definition) is 2. The predicted octanol–water partition coefficient (Wildman–Crippen LogP) is 3.14. The van der Waals surface area contributed by atoms with Crippen LogP contribution in [0.4, 0.5) is 11.5 Å². The van der Waals surface area contributed by atoms with E-state index in [1.165, 1.54) is 0 Å². The smallest absolute Gasteiger partial charge is 0.238 e. The molecule has 29 heavy (non-hydrogen) atoms. The van der Waals surface area contributed by atoms with Gasteiger partial charge in [-0.1, -0.05) is 6.07 Å². The minimum absolute atomic E-state index is 0.0216. The number of aromatic nitrogens is 3. The maximum absolute atomic E-state index is 12.4. The van der Waals surface area contributed by atoms with E-state index in [1.54, 1.807) is 12.3 Å². The molecule has 2 amide bonds. The van der Waals surface area contributed by atoms with Crippen LogP contribution in [-0.2, 0) is 9.59 Å². The number of nitrogens with zero attached hydrogens (tertiary/aromatic N) is 4. The molecule has 3 heterocycles. The monoisotopic (exact) mass is 474 g/mol. The molecule has 1 saturated heterocycles. The predicted molar refractivity (Wildman–Crippen MR) is 116 cm³/mol. The Hall–Kier alpha value is -2.43. The van der Waals surface area contributed by atoms with Gasteiger partial charge in [-0.15, -0.1) is 0 Å². The number of halogens is 1. The highest BCUT2D eigenvalue weighted by Crippen LogP contribution is 2.22. The van der Waals surface area contributed by atoms with Gasteiger partial charge in [0.05, 0.1) is 24.0 Å². The fourth-order valence-electron chi connectivity index (χ4n) is 3.33. The summed E-state index contributed by atoms with van der Waals surface area (Å²) in [5, 5.41) is 5.78. The maximum Gasteiger partial charge on any atom is 0.238 e. The van der Waals surface area contributed by atoms with Crippen molar-refractivity contribution in [1.29, 1.82) is 0 Å². The van der Waals surface area contributed by atoms with Crippen LogP contribution in [0.3, 0.4) is 0 Å². The van der Waals surface area contributed by atoms with E-state index in [2.05, 4.69) is 45.2 Å². The molecule has 10 heteroatoms. The number of rotatable bonds is 5. The summed E-state index contributed by atoms with van der Waals surface area (Å²) in [6.45, 7) is 1.68. The topological polar surface area (TPSA) is 100 Å².